The maximum absolute atomic E-state index is 12.9. The summed E-state index contributed by atoms with van der Waals surface area (Å²) in [5, 5.41) is 5.99. The molecule has 28 heavy (non-hydrogen) atoms. The van der Waals surface area contributed by atoms with Crippen molar-refractivity contribution in [2.24, 2.45) is 11.8 Å². The van der Waals surface area contributed by atoms with Gasteiger partial charge in [-0.1, -0.05) is 51.6 Å². The van der Waals surface area contributed by atoms with Gasteiger partial charge in [0, 0.05) is 13.1 Å². The molecule has 8 heteroatoms. The van der Waals surface area contributed by atoms with E-state index >= 15 is 0 Å². The predicted molar refractivity (Wildman–Crippen MR) is 113 cm³/mol. The molecule has 0 aliphatic rings. The van der Waals surface area contributed by atoms with Crippen molar-refractivity contribution in [2.75, 3.05) is 12.3 Å². The first-order valence-electron chi connectivity index (χ1n) is 9.48. The summed E-state index contributed by atoms with van der Waals surface area (Å²) in [5.41, 5.74) is 0.495. The third-order valence-corrected chi connectivity index (χ3v) is 4.99. The fourth-order valence-corrected chi connectivity index (χ4v) is 3.30. The van der Waals surface area contributed by atoms with Crippen LogP contribution in [0.25, 0.3) is 10.9 Å². The first-order valence-corrected chi connectivity index (χ1v) is 10.5. The summed E-state index contributed by atoms with van der Waals surface area (Å²) in [4.78, 5) is 41.3. The summed E-state index contributed by atoms with van der Waals surface area (Å²) < 4.78 is 1.62. The number of aromatic nitrogens is 2. The van der Waals surface area contributed by atoms with E-state index < -0.39 is 11.9 Å². The third-order valence-electron chi connectivity index (χ3n) is 4.01. The first kappa shape index (κ1) is 21.9. The van der Waals surface area contributed by atoms with Crippen molar-refractivity contribution in [1.82, 2.24) is 20.2 Å². The average Bonchev–Trinajstić information content (AvgIpc) is 2.64. The molecule has 152 valence electrons. The van der Waals surface area contributed by atoms with Crippen LogP contribution in [-0.4, -0.2) is 33.8 Å². The highest BCUT2D eigenvalue weighted by molar-refractivity contribution is 7.99. The van der Waals surface area contributed by atoms with Crippen molar-refractivity contribution in [3.05, 3.63) is 34.6 Å². The van der Waals surface area contributed by atoms with Crippen LogP contribution in [0.15, 0.2) is 34.2 Å². The van der Waals surface area contributed by atoms with Crippen LogP contribution in [0.5, 0.6) is 0 Å². The lowest BCUT2D eigenvalue weighted by Crippen LogP contribution is -2.41. The lowest BCUT2D eigenvalue weighted by Gasteiger charge is -2.14. The Bertz CT molecular complexity index is 893. The van der Waals surface area contributed by atoms with Gasteiger partial charge < -0.3 is 5.32 Å². The van der Waals surface area contributed by atoms with Gasteiger partial charge in [-0.15, -0.1) is 0 Å². The molecule has 0 aliphatic carbocycles. The zero-order valence-electron chi connectivity index (χ0n) is 16.8. The number of hydrogen-bond acceptors (Lipinski definition) is 5. The van der Waals surface area contributed by atoms with Gasteiger partial charge in [0.15, 0.2) is 5.16 Å². The molecule has 7 nitrogen and oxygen atoms in total. The molecule has 0 saturated heterocycles. The number of rotatable bonds is 8. The molecular formula is C20H28N4O3S. The van der Waals surface area contributed by atoms with Crippen molar-refractivity contribution in [2.45, 2.75) is 45.8 Å². The molecule has 1 heterocycles. The molecule has 2 aromatic rings. The number of thioether (sulfide) groups is 1. The maximum atomic E-state index is 12.9. The fraction of sp³-hybridized carbons (Fsp3) is 0.500. The Morgan fingerprint density at radius 1 is 1.14 bits per heavy atom. The van der Waals surface area contributed by atoms with Crippen molar-refractivity contribution in [3.8, 4) is 0 Å². The average molecular weight is 405 g/mol. The highest BCUT2D eigenvalue weighted by Crippen LogP contribution is 2.18. The number of benzene rings is 1. The quantitative estimate of drug-likeness (QED) is 0.521. The van der Waals surface area contributed by atoms with Gasteiger partial charge in [0.1, 0.15) is 0 Å². The maximum Gasteiger partial charge on any atom is 0.321 e. The number of nitrogens with one attached hydrogen (secondary N) is 2. The van der Waals surface area contributed by atoms with Gasteiger partial charge in [-0.3, -0.25) is 19.5 Å². The summed E-state index contributed by atoms with van der Waals surface area (Å²) in [6, 6.07) is 6.67. The highest BCUT2D eigenvalue weighted by Gasteiger charge is 2.15. The minimum atomic E-state index is -0.511. The van der Waals surface area contributed by atoms with Gasteiger partial charge in [0.25, 0.3) is 5.56 Å². The van der Waals surface area contributed by atoms with Crippen LogP contribution in [0.1, 0.15) is 34.1 Å². The van der Waals surface area contributed by atoms with Crippen LogP contribution in [-0.2, 0) is 11.3 Å². The van der Waals surface area contributed by atoms with Gasteiger partial charge in [0.2, 0.25) is 5.91 Å². The number of para-hydroxylation sites is 1. The molecule has 1 aromatic carbocycles. The van der Waals surface area contributed by atoms with Crippen molar-refractivity contribution in [3.63, 3.8) is 0 Å². The lowest BCUT2D eigenvalue weighted by atomic mass is 10.1. The number of imide groups is 1. The van der Waals surface area contributed by atoms with E-state index in [9.17, 15) is 14.4 Å². The van der Waals surface area contributed by atoms with Crippen LogP contribution in [0.2, 0.25) is 0 Å². The second-order valence-electron chi connectivity index (χ2n) is 7.49. The van der Waals surface area contributed by atoms with Crippen LogP contribution in [0, 0.1) is 11.8 Å². The Balaban J connectivity index is 2.13. The van der Waals surface area contributed by atoms with Crippen molar-refractivity contribution < 1.29 is 9.59 Å². The van der Waals surface area contributed by atoms with Crippen molar-refractivity contribution in [1.29, 1.82) is 0 Å². The number of carbonyl (C=O) groups excluding carboxylic acids is 2. The summed E-state index contributed by atoms with van der Waals surface area (Å²) in [6.07, 6.45) is 0.831. The standard InChI is InChI=1S/C20H28N4O3S/c1-13(2)9-10-24-18(26)15-7-5-6-8-16(15)22-20(24)28-12-17(25)23-19(27)21-11-14(3)4/h5-8,13-14H,9-12H2,1-4H3,(H2,21,23,25,27). The number of urea groups is 1. The molecule has 0 fully saturated rings. The summed E-state index contributed by atoms with van der Waals surface area (Å²) in [6.45, 7) is 9.16. The molecule has 0 aliphatic heterocycles. The predicted octanol–water partition coefficient (Wildman–Crippen LogP) is 3.02. The van der Waals surface area contributed by atoms with E-state index in [0.717, 1.165) is 18.2 Å². The van der Waals surface area contributed by atoms with Crippen molar-refractivity contribution >= 4 is 34.6 Å². The van der Waals surface area contributed by atoms with Crippen LogP contribution in [0.3, 0.4) is 0 Å². The number of fused-ring (bicyclic) bond motifs is 1. The summed E-state index contributed by atoms with van der Waals surface area (Å²) in [7, 11) is 0. The Morgan fingerprint density at radius 2 is 1.86 bits per heavy atom. The number of amides is 3. The molecule has 0 unspecified atom stereocenters. The number of carbonyl (C=O) groups is 2. The lowest BCUT2D eigenvalue weighted by molar-refractivity contribution is -0.117. The Morgan fingerprint density at radius 3 is 2.54 bits per heavy atom. The normalized spacial score (nSPS) is 11.2. The van der Waals surface area contributed by atoms with Crippen LogP contribution < -0.4 is 16.2 Å². The SMILES string of the molecule is CC(C)CCn1c(SCC(=O)NC(=O)NCC(C)C)nc2ccccc2c1=O. The van der Waals surface area contributed by atoms with E-state index in [1.165, 1.54) is 0 Å². The van der Waals surface area contributed by atoms with Crippen LogP contribution >= 0.6 is 11.8 Å². The first-order chi connectivity index (χ1) is 13.3. The molecule has 0 saturated carbocycles. The Kier molecular flexibility index (Phi) is 8.04. The van der Waals surface area contributed by atoms with E-state index in [1.807, 2.05) is 26.0 Å². The van der Waals surface area contributed by atoms with E-state index in [1.54, 1.807) is 16.7 Å². The molecule has 3 amide bonds. The van der Waals surface area contributed by atoms with Gasteiger partial charge in [0.05, 0.1) is 16.7 Å². The minimum Gasteiger partial charge on any atom is -0.338 e. The second kappa shape index (κ2) is 10.3. The second-order valence-corrected chi connectivity index (χ2v) is 8.43. The zero-order chi connectivity index (χ0) is 20.7. The molecule has 2 rings (SSSR count). The molecule has 0 atom stereocenters. The zero-order valence-corrected chi connectivity index (χ0v) is 17.6. The summed E-state index contributed by atoms with van der Waals surface area (Å²) >= 11 is 1.16. The highest BCUT2D eigenvalue weighted by atomic mass is 32.2. The number of nitrogens with zero attached hydrogens (tertiary/aromatic N) is 2. The minimum absolute atomic E-state index is 0.00155. The van der Waals surface area contributed by atoms with E-state index in [2.05, 4.69) is 29.5 Å². The Labute approximate surface area is 169 Å². The van der Waals surface area contributed by atoms with Gasteiger partial charge in [-0.25, -0.2) is 9.78 Å². The molecule has 0 radical (unpaired) electrons. The van der Waals surface area contributed by atoms with E-state index in [4.69, 9.17) is 0 Å². The van der Waals surface area contributed by atoms with E-state index in [0.29, 0.717) is 41.0 Å². The number of hydrogen-bond donors (Lipinski definition) is 2. The van der Waals surface area contributed by atoms with E-state index in [-0.39, 0.29) is 11.3 Å². The largest absolute Gasteiger partial charge is 0.338 e. The third kappa shape index (κ3) is 6.37. The Hall–Kier alpha value is -2.35. The molecule has 0 spiro atoms. The fourth-order valence-electron chi connectivity index (χ4n) is 2.48. The topological polar surface area (TPSA) is 93.1 Å². The summed E-state index contributed by atoms with van der Waals surface area (Å²) in [5.74, 6) is 0.308. The molecular weight excluding hydrogens is 376 g/mol. The van der Waals surface area contributed by atoms with Crippen LogP contribution in [0.4, 0.5) is 4.79 Å². The van der Waals surface area contributed by atoms with Gasteiger partial charge in [-0.2, -0.15) is 0 Å². The smallest absolute Gasteiger partial charge is 0.321 e. The molecule has 2 N–H and O–H groups in total. The van der Waals surface area contributed by atoms with Gasteiger partial charge >= 0.3 is 6.03 Å². The molecule has 1 aromatic heterocycles. The molecule has 0 bridgehead atoms. The monoisotopic (exact) mass is 404 g/mol. The van der Waals surface area contributed by atoms with Gasteiger partial charge in [-0.05, 0) is 30.4 Å².